The molecule has 1 saturated heterocycles. The lowest BCUT2D eigenvalue weighted by Gasteiger charge is -2.24. The number of rotatable bonds is 8. The van der Waals surface area contributed by atoms with Gasteiger partial charge in [0.1, 0.15) is 0 Å². The molecule has 0 radical (unpaired) electrons. The van der Waals surface area contributed by atoms with Crippen LogP contribution >= 0.6 is 12.4 Å². The summed E-state index contributed by atoms with van der Waals surface area (Å²) >= 11 is 0. The van der Waals surface area contributed by atoms with Crippen molar-refractivity contribution in [2.24, 2.45) is 17.8 Å². The largest absolute Gasteiger partial charge is 0.465 e. The first kappa shape index (κ1) is 19.8. The highest BCUT2D eigenvalue weighted by atomic mass is 35.5. The third-order valence-electron chi connectivity index (χ3n) is 5.15. The molecule has 1 heterocycles. The minimum atomic E-state index is 0. The van der Waals surface area contributed by atoms with Crippen LogP contribution in [0.2, 0.25) is 0 Å². The Labute approximate surface area is 142 Å². The molecular weight excluding hydrogens is 298 g/mol. The van der Waals surface area contributed by atoms with E-state index < -0.39 is 0 Å². The summed E-state index contributed by atoms with van der Waals surface area (Å²) in [6.07, 6.45) is 9.78. The standard InChI is InChI=1S/C18H33NO2.ClH/c1-3-8-17(16-9-4-5-10-16)18(20)21-14-15(2)13-19-11-6-7-12-19;/h15-17H,3-14H2,1-2H3;1H. The van der Waals surface area contributed by atoms with Gasteiger partial charge in [-0.3, -0.25) is 4.79 Å². The number of esters is 1. The zero-order chi connectivity index (χ0) is 15.1. The van der Waals surface area contributed by atoms with Crippen LogP contribution in [-0.2, 0) is 9.53 Å². The van der Waals surface area contributed by atoms with E-state index in [1.165, 1.54) is 51.6 Å². The SMILES string of the molecule is CCCC(C(=O)OCC(C)CN1CCCC1)C1CCCC1.Cl. The quantitative estimate of drug-likeness (QED) is 0.621. The van der Waals surface area contributed by atoms with E-state index >= 15 is 0 Å². The Morgan fingerprint density at radius 3 is 2.41 bits per heavy atom. The minimum absolute atomic E-state index is 0. The number of hydrogen-bond acceptors (Lipinski definition) is 3. The lowest BCUT2D eigenvalue weighted by Crippen LogP contribution is -2.30. The third-order valence-corrected chi connectivity index (χ3v) is 5.15. The van der Waals surface area contributed by atoms with Crippen molar-refractivity contribution in [2.45, 2.75) is 65.2 Å². The maximum absolute atomic E-state index is 12.4. The van der Waals surface area contributed by atoms with Gasteiger partial charge in [0.15, 0.2) is 0 Å². The summed E-state index contributed by atoms with van der Waals surface area (Å²) in [5.74, 6) is 1.29. The summed E-state index contributed by atoms with van der Waals surface area (Å²) in [5.41, 5.74) is 0. The second-order valence-corrected chi connectivity index (χ2v) is 7.18. The zero-order valence-corrected chi connectivity index (χ0v) is 15.2. The summed E-state index contributed by atoms with van der Waals surface area (Å²) in [4.78, 5) is 14.9. The molecule has 2 rings (SSSR count). The first-order chi connectivity index (χ1) is 10.2. The van der Waals surface area contributed by atoms with Gasteiger partial charge in [-0.15, -0.1) is 12.4 Å². The Morgan fingerprint density at radius 1 is 1.18 bits per heavy atom. The molecule has 130 valence electrons. The summed E-state index contributed by atoms with van der Waals surface area (Å²) in [5, 5.41) is 0. The highest BCUT2D eigenvalue weighted by molar-refractivity contribution is 5.85. The fourth-order valence-electron chi connectivity index (χ4n) is 4.01. The molecule has 0 spiro atoms. The van der Waals surface area contributed by atoms with Gasteiger partial charge in [-0.05, 0) is 51.1 Å². The van der Waals surface area contributed by atoms with Crippen molar-refractivity contribution in [2.75, 3.05) is 26.2 Å². The Balaban J connectivity index is 0.00000242. The average Bonchev–Trinajstić information content (AvgIpc) is 3.15. The van der Waals surface area contributed by atoms with Gasteiger partial charge in [0.05, 0.1) is 12.5 Å². The lowest BCUT2D eigenvalue weighted by molar-refractivity contribution is -0.152. The molecular formula is C18H34ClNO2. The van der Waals surface area contributed by atoms with Crippen molar-refractivity contribution >= 4 is 18.4 Å². The first-order valence-corrected chi connectivity index (χ1v) is 9.09. The highest BCUT2D eigenvalue weighted by Crippen LogP contribution is 2.34. The summed E-state index contributed by atoms with van der Waals surface area (Å²) in [6, 6.07) is 0. The van der Waals surface area contributed by atoms with Gasteiger partial charge in [-0.2, -0.15) is 0 Å². The molecule has 4 heteroatoms. The van der Waals surface area contributed by atoms with Crippen molar-refractivity contribution in [1.29, 1.82) is 0 Å². The van der Waals surface area contributed by atoms with E-state index in [-0.39, 0.29) is 24.3 Å². The van der Waals surface area contributed by atoms with Crippen LogP contribution in [0.15, 0.2) is 0 Å². The number of ether oxygens (including phenoxy) is 1. The molecule has 2 aliphatic rings. The fourth-order valence-corrected chi connectivity index (χ4v) is 4.01. The van der Waals surface area contributed by atoms with Gasteiger partial charge in [-0.25, -0.2) is 0 Å². The van der Waals surface area contributed by atoms with Crippen molar-refractivity contribution in [3.8, 4) is 0 Å². The fraction of sp³-hybridized carbons (Fsp3) is 0.944. The van der Waals surface area contributed by atoms with E-state index in [4.69, 9.17) is 4.74 Å². The van der Waals surface area contributed by atoms with Gasteiger partial charge in [0.25, 0.3) is 0 Å². The van der Waals surface area contributed by atoms with Gasteiger partial charge < -0.3 is 9.64 Å². The predicted octanol–water partition coefficient (Wildman–Crippen LogP) is 4.29. The lowest BCUT2D eigenvalue weighted by atomic mass is 9.87. The zero-order valence-electron chi connectivity index (χ0n) is 14.4. The summed E-state index contributed by atoms with van der Waals surface area (Å²) in [7, 11) is 0. The number of hydrogen-bond donors (Lipinski definition) is 0. The van der Waals surface area contributed by atoms with E-state index in [0.29, 0.717) is 18.4 Å². The highest BCUT2D eigenvalue weighted by Gasteiger charge is 2.31. The Morgan fingerprint density at radius 2 is 1.82 bits per heavy atom. The molecule has 0 aromatic heterocycles. The topological polar surface area (TPSA) is 29.5 Å². The molecule has 2 fully saturated rings. The van der Waals surface area contributed by atoms with Gasteiger partial charge in [0, 0.05) is 12.5 Å². The van der Waals surface area contributed by atoms with Crippen LogP contribution in [0.1, 0.15) is 65.2 Å². The van der Waals surface area contributed by atoms with Crippen molar-refractivity contribution in [3.05, 3.63) is 0 Å². The molecule has 0 amide bonds. The van der Waals surface area contributed by atoms with E-state index in [2.05, 4.69) is 18.7 Å². The number of halogens is 1. The van der Waals surface area contributed by atoms with Crippen molar-refractivity contribution in [1.82, 2.24) is 4.90 Å². The molecule has 1 aliphatic carbocycles. The van der Waals surface area contributed by atoms with Crippen molar-refractivity contribution in [3.63, 3.8) is 0 Å². The summed E-state index contributed by atoms with van der Waals surface area (Å²) in [6.45, 7) is 8.50. The maximum Gasteiger partial charge on any atom is 0.309 e. The van der Waals surface area contributed by atoms with Crippen molar-refractivity contribution < 1.29 is 9.53 Å². The number of likely N-dealkylation sites (tertiary alicyclic amines) is 1. The van der Waals surface area contributed by atoms with Gasteiger partial charge >= 0.3 is 5.97 Å². The second-order valence-electron chi connectivity index (χ2n) is 7.18. The average molecular weight is 332 g/mol. The number of carbonyl (C=O) groups is 1. The third kappa shape index (κ3) is 6.08. The number of carbonyl (C=O) groups excluding carboxylic acids is 1. The Bertz CT molecular complexity index is 312. The molecule has 3 nitrogen and oxygen atoms in total. The molecule has 0 N–H and O–H groups in total. The predicted molar refractivity (Wildman–Crippen MR) is 93.4 cm³/mol. The van der Waals surface area contributed by atoms with Crippen LogP contribution in [0.3, 0.4) is 0 Å². The van der Waals surface area contributed by atoms with Crippen LogP contribution in [0.25, 0.3) is 0 Å². The summed E-state index contributed by atoms with van der Waals surface area (Å²) < 4.78 is 5.68. The van der Waals surface area contributed by atoms with Gasteiger partial charge in [0.2, 0.25) is 0 Å². The van der Waals surface area contributed by atoms with Gasteiger partial charge in [-0.1, -0.05) is 33.1 Å². The molecule has 2 atom stereocenters. The Hall–Kier alpha value is -0.280. The molecule has 22 heavy (non-hydrogen) atoms. The van der Waals surface area contributed by atoms with E-state index in [0.717, 1.165) is 19.4 Å². The number of nitrogens with zero attached hydrogens (tertiary/aromatic N) is 1. The molecule has 0 aromatic rings. The van der Waals surface area contributed by atoms with Crippen LogP contribution in [0.4, 0.5) is 0 Å². The smallest absolute Gasteiger partial charge is 0.309 e. The molecule has 0 bridgehead atoms. The molecule has 2 unspecified atom stereocenters. The monoisotopic (exact) mass is 331 g/mol. The van der Waals surface area contributed by atoms with Crippen LogP contribution < -0.4 is 0 Å². The van der Waals surface area contributed by atoms with Crippen LogP contribution in [-0.4, -0.2) is 37.1 Å². The molecule has 1 saturated carbocycles. The van der Waals surface area contributed by atoms with E-state index in [9.17, 15) is 4.79 Å². The second kappa shape index (κ2) is 10.5. The van der Waals surface area contributed by atoms with Crippen LogP contribution in [0.5, 0.6) is 0 Å². The van der Waals surface area contributed by atoms with Crippen LogP contribution in [0, 0.1) is 17.8 Å². The van der Waals surface area contributed by atoms with E-state index in [1.807, 2.05) is 0 Å². The minimum Gasteiger partial charge on any atom is -0.465 e. The Kier molecular flexibility index (Phi) is 9.42. The molecule has 1 aliphatic heterocycles. The molecule has 0 aromatic carbocycles. The normalized spacial score (nSPS) is 22.3. The first-order valence-electron chi connectivity index (χ1n) is 9.09. The maximum atomic E-state index is 12.4. The van der Waals surface area contributed by atoms with E-state index in [1.54, 1.807) is 0 Å².